The first-order chi connectivity index (χ1) is 9.24. The van der Waals surface area contributed by atoms with E-state index >= 15 is 0 Å². The molecule has 0 spiro atoms. The lowest BCUT2D eigenvalue weighted by Crippen LogP contribution is -2.22. The highest BCUT2D eigenvalue weighted by atomic mass is 32.1. The average molecular weight is 282 g/mol. The van der Waals surface area contributed by atoms with Crippen molar-refractivity contribution in [1.29, 1.82) is 0 Å². The molecule has 1 aromatic rings. The molecule has 1 N–H and O–H groups in total. The van der Waals surface area contributed by atoms with E-state index in [9.17, 15) is 5.11 Å². The number of aliphatic hydroxyl groups excluding tert-OH is 1. The minimum absolute atomic E-state index is 0.353. The van der Waals surface area contributed by atoms with Gasteiger partial charge in [-0.1, -0.05) is 0 Å². The van der Waals surface area contributed by atoms with Crippen LogP contribution in [0.4, 0.5) is 5.13 Å². The second-order valence-electron chi connectivity index (χ2n) is 5.65. The number of nitrogens with zero attached hydrogens (tertiary/aromatic N) is 2. The summed E-state index contributed by atoms with van der Waals surface area (Å²) >= 11 is 1.72. The Hall–Kier alpha value is -0.650. The van der Waals surface area contributed by atoms with Crippen LogP contribution in [0, 0.1) is 5.92 Å². The van der Waals surface area contributed by atoms with Crippen molar-refractivity contribution < 1.29 is 9.84 Å². The van der Waals surface area contributed by atoms with Gasteiger partial charge in [-0.2, -0.15) is 0 Å². The lowest BCUT2D eigenvalue weighted by Gasteiger charge is -2.16. The third-order valence-corrected chi connectivity index (χ3v) is 5.11. The predicted octanol–water partition coefficient (Wildman–Crippen LogP) is 2.38. The van der Waals surface area contributed by atoms with Gasteiger partial charge in [0.15, 0.2) is 5.13 Å². The van der Waals surface area contributed by atoms with Crippen LogP contribution in [0.2, 0.25) is 0 Å². The molecule has 19 heavy (non-hydrogen) atoms. The number of aryl methyl sites for hydroxylation is 1. The summed E-state index contributed by atoms with van der Waals surface area (Å²) in [6, 6.07) is 0. The molecule has 1 fully saturated rings. The van der Waals surface area contributed by atoms with Crippen molar-refractivity contribution in [1.82, 2.24) is 4.98 Å². The van der Waals surface area contributed by atoms with Gasteiger partial charge in [-0.25, -0.2) is 4.98 Å². The molecule has 4 nitrogen and oxygen atoms in total. The quantitative estimate of drug-likeness (QED) is 0.814. The van der Waals surface area contributed by atoms with Crippen molar-refractivity contribution in [2.24, 2.45) is 5.92 Å². The van der Waals surface area contributed by atoms with E-state index in [1.807, 2.05) is 0 Å². The Balaban J connectivity index is 1.52. The summed E-state index contributed by atoms with van der Waals surface area (Å²) in [7, 11) is 2.05. The lowest BCUT2D eigenvalue weighted by atomic mass is 10.0. The fraction of sp³-hybridized carbons (Fsp3) is 0.786. The van der Waals surface area contributed by atoms with Gasteiger partial charge in [0.1, 0.15) is 0 Å². The van der Waals surface area contributed by atoms with Gasteiger partial charge in [0.25, 0.3) is 0 Å². The molecule has 1 unspecified atom stereocenters. The van der Waals surface area contributed by atoms with Gasteiger partial charge < -0.3 is 14.7 Å². The third kappa shape index (κ3) is 3.27. The van der Waals surface area contributed by atoms with Gasteiger partial charge in [0.05, 0.1) is 18.4 Å². The second-order valence-corrected chi connectivity index (χ2v) is 6.71. The van der Waals surface area contributed by atoms with Crippen LogP contribution < -0.4 is 4.90 Å². The second kappa shape index (κ2) is 5.77. The maximum absolute atomic E-state index is 9.94. The van der Waals surface area contributed by atoms with Gasteiger partial charge in [-0.05, 0) is 38.0 Å². The van der Waals surface area contributed by atoms with Crippen molar-refractivity contribution in [3.63, 3.8) is 0 Å². The largest absolute Gasteiger partial charge is 0.387 e. The minimum atomic E-state index is -0.353. The molecule has 2 aliphatic rings. The number of hydrogen-bond donors (Lipinski definition) is 1. The summed E-state index contributed by atoms with van der Waals surface area (Å²) in [6.07, 6.45) is 5.32. The number of thiazole rings is 1. The molecule has 1 saturated carbocycles. The van der Waals surface area contributed by atoms with Crippen molar-refractivity contribution in [3.8, 4) is 0 Å². The number of likely N-dealkylation sites (N-methyl/N-ethyl adjacent to an activating group) is 1. The Labute approximate surface area is 118 Å². The predicted molar refractivity (Wildman–Crippen MR) is 76.8 cm³/mol. The fourth-order valence-corrected chi connectivity index (χ4v) is 3.52. The van der Waals surface area contributed by atoms with Crippen molar-refractivity contribution in [2.45, 2.75) is 38.2 Å². The molecule has 106 valence electrons. The Morgan fingerprint density at radius 1 is 1.42 bits per heavy atom. The maximum Gasteiger partial charge on any atom is 0.185 e. The third-order valence-electron chi connectivity index (χ3n) is 3.86. The fourth-order valence-electron chi connectivity index (χ4n) is 2.38. The van der Waals surface area contributed by atoms with Crippen LogP contribution in [-0.2, 0) is 11.2 Å². The molecule has 1 aromatic heterocycles. The number of rotatable bonds is 6. The number of anilines is 1. The SMILES string of the molecule is CN(CCOCC1CC1)c1nc2c(s1)CCCC2O. The van der Waals surface area contributed by atoms with E-state index in [-0.39, 0.29) is 6.10 Å². The Bertz CT molecular complexity index is 431. The monoisotopic (exact) mass is 282 g/mol. The van der Waals surface area contributed by atoms with E-state index in [0.29, 0.717) is 0 Å². The molecule has 3 rings (SSSR count). The Kier molecular flexibility index (Phi) is 4.05. The first kappa shape index (κ1) is 13.3. The number of fused-ring (bicyclic) bond motifs is 1. The molecule has 0 bridgehead atoms. The van der Waals surface area contributed by atoms with Crippen LogP contribution in [-0.4, -0.2) is 36.9 Å². The molecule has 0 radical (unpaired) electrons. The van der Waals surface area contributed by atoms with Gasteiger partial charge in [0, 0.05) is 25.1 Å². The number of aliphatic hydroxyl groups is 1. The summed E-state index contributed by atoms with van der Waals surface area (Å²) in [6.45, 7) is 2.55. The summed E-state index contributed by atoms with van der Waals surface area (Å²) in [4.78, 5) is 8.00. The van der Waals surface area contributed by atoms with Crippen LogP contribution in [0.1, 0.15) is 42.4 Å². The topological polar surface area (TPSA) is 45.6 Å². The van der Waals surface area contributed by atoms with Crippen molar-refractivity contribution >= 4 is 16.5 Å². The summed E-state index contributed by atoms with van der Waals surface area (Å²) < 4.78 is 5.66. The zero-order valence-corrected chi connectivity index (χ0v) is 12.3. The summed E-state index contributed by atoms with van der Waals surface area (Å²) in [5, 5.41) is 11.0. The zero-order chi connectivity index (χ0) is 13.2. The van der Waals surface area contributed by atoms with E-state index < -0.39 is 0 Å². The molecule has 0 amide bonds. The van der Waals surface area contributed by atoms with Crippen molar-refractivity contribution in [2.75, 3.05) is 31.7 Å². The molecule has 1 atom stereocenters. The van der Waals surface area contributed by atoms with Crippen LogP contribution in [0.5, 0.6) is 0 Å². The van der Waals surface area contributed by atoms with Gasteiger partial charge in [-0.3, -0.25) is 0 Å². The molecule has 0 saturated heterocycles. The van der Waals surface area contributed by atoms with Crippen LogP contribution >= 0.6 is 11.3 Å². The highest BCUT2D eigenvalue weighted by molar-refractivity contribution is 7.15. The summed E-state index contributed by atoms with van der Waals surface area (Å²) in [5.41, 5.74) is 0.914. The number of aromatic nitrogens is 1. The Morgan fingerprint density at radius 2 is 2.26 bits per heavy atom. The molecule has 5 heteroatoms. The standard InChI is InChI=1S/C14H22N2O2S/c1-16(7-8-18-9-10-5-6-10)14-15-13-11(17)3-2-4-12(13)19-14/h10-11,17H,2-9H2,1H3. The smallest absolute Gasteiger partial charge is 0.185 e. The van der Waals surface area contributed by atoms with E-state index in [4.69, 9.17) is 4.74 Å². The first-order valence-corrected chi connectivity index (χ1v) is 8.02. The van der Waals surface area contributed by atoms with Crippen LogP contribution in [0.15, 0.2) is 0 Å². The van der Waals surface area contributed by atoms with E-state index in [1.165, 1.54) is 17.7 Å². The first-order valence-electron chi connectivity index (χ1n) is 7.20. The molecule has 0 aliphatic heterocycles. The average Bonchev–Trinajstić information content (AvgIpc) is 3.11. The maximum atomic E-state index is 9.94. The number of hydrogen-bond acceptors (Lipinski definition) is 5. The highest BCUT2D eigenvalue weighted by Crippen LogP contribution is 2.36. The van der Waals surface area contributed by atoms with Gasteiger partial charge in [-0.15, -0.1) is 11.3 Å². The van der Waals surface area contributed by atoms with Crippen molar-refractivity contribution in [3.05, 3.63) is 10.6 Å². The molecular weight excluding hydrogens is 260 g/mol. The van der Waals surface area contributed by atoms with Crippen LogP contribution in [0.3, 0.4) is 0 Å². The zero-order valence-electron chi connectivity index (χ0n) is 11.5. The van der Waals surface area contributed by atoms with E-state index in [1.54, 1.807) is 11.3 Å². The highest BCUT2D eigenvalue weighted by Gasteiger charge is 2.24. The Morgan fingerprint density at radius 3 is 3.00 bits per heavy atom. The van der Waals surface area contributed by atoms with E-state index in [0.717, 1.165) is 55.8 Å². The minimum Gasteiger partial charge on any atom is -0.387 e. The normalized spacial score (nSPS) is 22.3. The molecule has 2 aliphatic carbocycles. The molecule has 0 aromatic carbocycles. The van der Waals surface area contributed by atoms with Gasteiger partial charge >= 0.3 is 0 Å². The van der Waals surface area contributed by atoms with E-state index in [2.05, 4.69) is 16.9 Å². The number of ether oxygens (including phenoxy) is 1. The summed E-state index contributed by atoms with van der Waals surface area (Å²) in [5.74, 6) is 0.827. The van der Waals surface area contributed by atoms with Crippen LogP contribution in [0.25, 0.3) is 0 Å². The van der Waals surface area contributed by atoms with Gasteiger partial charge in [0.2, 0.25) is 0 Å². The lowest BCUT2D eigenvalue weighted by molar-refractivity contribution is 0.131. The molecule has 1 heterocycles. The molecular formula is C14H22N2O2S.